The summed E-state index contributed by atoms with van der Waals surface area (Å²) in [4.78, 5) is 2.60. The molecule has 1 aliphatic rings. The van der Waals surface area contributed by atoms with Gasteiger partial charge in [0.15, 0.2) is 0 Å². The van der Waals surface area contributed by atoms with Gasteiger partial charge in [-0.2, -0.15) is 0 Å². The Kier molecular flexibility index (Phi) is 6.45. The highest BCUT2D eigenvalue weighted by Crippen LogP contribution is 2.30. The number of aliphatic hydroxyl groups is 1. The zero-order valence-electron chi connectivity index (χ0n) is 11.8. The summed E-state index contributed by atoms with van der Waals surface area (Å²) in [5.74, 6) is 0.723. The monoisotopic (exact) mass is 242 g/mol. The molecule has 102 valence electrons. The summed E-state index contributed by atoms with van der Waals surface area (Å²) in [6, 6.07) is 0. The minimum Gasteiger partial charge on any atom is -0.396 e. The van der Waals surface area contributed by atoms with Crippen molar-refractivity contribution in [3.8, 4) is 0 Å². The molecule has 1 rings (SSSR count). The van der Waals surface area contributed by atoms with E-state index < -0.39 is 0 Å². The Hall–Kier alpha value is -0.120. The van der Waals surface area contributed by atoms with Crippen LogP contribution in [0.1, 0.15) is 39.5 Å². The van der Waals surface area contributed by atoms with E-state index in [4.69, 9.17) is 5.11 Å². The zero-order valence-corrected chi connectivity index (χ0v) is 11.8. The van der Waals surface area contributed by atoms with Crippen LogP contribution in [0.5, 0.6) is 0 Å². The van der Waals surface area contributed by atoms with Gasteiger partial charge in [-0.3, -0.25) is 0 Å². The minimum atomic E-state index is 0.349. The number of aliphatic hydroxyl groups excluding tert-OH is 1. The number of hydrogen-bond acceptors (Lipinski definition) is 3. The second-order valence-electron chi connectivity index (χ2n) is 5.64. The van der Waals surface area contributed by atoms with Gasteiger partial charge in [-0.15, -0.1) is 0 Å². The molecule has 0 radical (unpaired) electrons. The van der Waals surface area contributed by atoms with E-state index in [2.05, 4.69) is 31.1 Å². The fourth-order valence-electron chi connectivity index (χ4n) is 3.10. The lowest BCUT2D eigenvalue weighted by atomic mass is 9.81. The second kappa shape index (κ2) is 7.34. The molecule has 17 heavy (non-hydrogen) atoms. The normalized spacial score (nSPS) is 22.2. The summed E-state index contributed by atoms with van der Waals surface area (Å²) >= 11 is 0. The lowest BCUT2D eigenvalue weighted by Gasteiger charge is -2.35. The smallest absolute Gasteiger partial charge is 0.0434 e. The third-order valence-electron chi connectivity index (χ3n) is 4.52. The molecule has 0 saturated carbocycles. The molecule has 0 aromatic heterocycles. The average Bonchev–Trinajstić information content (AvgIpc) is 2.76. The molecule has 3 nitrogen and oxygen atoms in total. The Morgan fingerprint density at radius 2 is 2.06 bits per heavy atom. The number of likely N-dealkylation sites (tertiary alicyclic amines) is 1. The highest BCUT2D eigenvalue weighted by atomic mass is 16.3. The van der Waals surface area contributed by atoms with Crippen molar-refractivity contribution >= 4 is 0 Å². The Balaban J connectivity index is 2.45. The Morgan fingerprint density at radius 1 is 1.35 bits per heavy atom. The van der Waals surface area contributed by atoms with Crippen LogP contribution in [0.4, 0.5) is 0 Å². The lowest BCUT2D eigenvalue weighted by Crippen LogP contribution is -2.42. The van der Waals surface area contributed by atoms with Crippen molar-refractivity contribution in [3.05, 3.63) is 0 Å². The van der Waals surface area contributed by atoms with Gasteiger partial charge in [-0.25, -0.2) is 0 Å². The molecule has 0 aromatic rings. The van der Waals surface area contributed by atoms with Crippen molar-refractivity contribution in [2.45, 2.75) is 39.5 Å². The molecule has 1 heterocycles. The van der Waals surface area contributed by atoms with Gasteiger partial charge in [0.25, 0.3) is 0 Å². The first kappa shape index (κ1) is 14.9. The maximum Gasteiger partial charge on any atom is 0.0434 e. The predicted molar refractivity (Wildman–Crippen MR) is 73.2 cm³/mol. The second-order valence-corrected chi connectivity index (χ2v) is 5.64. The number of nitrogens with zero attached hydrogens (tertiary/aromatic N) is 1. The van der Waals surface area contributed by atoms with Gasteiger partial charge in [0.2, 0.25) is 0 Å². The average molecular weight is 242 g/mol. The summed E-state index contributed by atoms with van der Waals surface area (Å²) in [6.45, 7) is 9.69. The quantitative estimate of drug-likeness (QED) is 0.680. The SMILES string of the molecule is CCC(CC)(CNC)CN1CCC(CCO)C1. The van der Waals surface area contributed by atoms with Crippen molar-refractivity contribution in [3.63, 3.8) is 0 Å². The molecule has 0 bridgehead atoms. The molecular weight excluding hydrogens is 212 g/mol. The van der Waals surface area contributed by atoms with Gasteiger partial charge < -0.3 is 15.3 Å². The summed E-state index contributed by atoms with van der Waals surface area (Å²) in [5.41, 5.74) is 0.433. The maximum absolute atomic E-state index is 8.99. The van der Waals surface area contributed by atoms with Crippen LogP contribution in [-0.2, 0) is 0 Å². The molecule has 1 atom stereocenters. The van der Waals surface area contributed by atoms with Crippen molar-refractivity contribution in [1.29, 1.82) is 0 Å². The molecule has 1 aliphatic heterocycles. The van der Waals surface area contributed by atoms with Crippen LogP contribution < -0.4 is 5.32 Å². The molecule has 0 aromatic carbocycles. The van der Waals surface area contributed by atoms with Crippen molar-refractivity contribution < 1.29 is 5.11 Å². The first-order valence-electron chi connectivity index (χ1n) is 7.17. The largest absolute Gasteiger partial charge is 0.396 e. The van der Waals surface area contributed by atoms with E-state index in [-0.39, 0.29) is 0 Å². The molecule has 2 N–H and O–H groups in total. The third kappa shape index (κ3) is 4.23. The van der Waals surface area contributed by atoms with Crippen LogP contribution in [-0.4, -0.2) is 49.8 Å². The number of hydrogen-bond donors (Lipinski definition) is 2. The maximum atomic E-state index is 8.99. The number of nitrogens with one attached hydrogen (secondary N) is 1. The Labute approximate surface area is 107 Å². The fraction of sp³-hybridized carbons (Fsp3) is 1.00. The molecule has 3 heteroatoms. The zero-order chi connectivity index (χ0) is 12.7. The first-order chi connectivity index (χ1) is 8.19. The summed E-state index contributed by atoms with van der Waals surface area (Å²) in [5, 5.41) is 12.3. The van der Waals surface area contributed by atoms with Gasteiger partial charge >= 0.3 is 0 Å². The predicted octanol–water partition coefficient (Wildman–Crippen LogP) is 1.72. The first-order valence-corrected chi connectivity index (χ1v) is 7.17. The van der Waals surface area contributed by atoms with E-state index in [9.17, 15) is 0 Å². The van der Waals surface area contributed by atoms with Crippen LogP contribution in [0.2, 0.25) is 0 Å². The fourth-order valence-corrected chi connectivity index (χ4v) is 3.10. The molecule has 0 aliphatic carbocycles. The lowest BCUT2D eigenvalue weighted by molar-refractivity contribution is 0.151. The van der Waals surface area contributed by atoms with E-state index in [0.29, 0.717) is 12.0 Å². The molecule has 1 saturated heterocycles. The van der Waals surface area contributed by atoms with E-state index in [0.717, 1.165) is 18.9 Å². The minimum absolute atomic E-state index is 0.349. The molecular formula is C14H30N2O. The van der Waals surface area contributed by atoms with Gasteiger partial charge in [-0.05, 0) is 50.6 Å². The standard InChI is InChI=1S/C14H30N2O/c1-4-14(5-2,11-15-3)12-16-8-6-13(10-16)7-9-17/h13,15,17H,4-12H2,1-3H3. The number of rotatable bonds is 8. The summed E-state index contributed by atoms with van der Waals surface area (Å²) < 4.78 is 0. The van der Waals surface area contributed by atoms with Crippen LogP contribution in [0.15, 0.2) is 0 Å². The summed E-state index contributed by atoms with van der Waals surface area (Å²) in [7, 11) is 2.05. The van der Waals surface area contributed by atoms with Crippen LogP contribution in [0, 0.1) is 11.3 Å². The van der Waals surface area contributed by atoms with Gasteiger partial charge in [0, 0.05) is 26.2 Å². The van der Waals surface area contributed by atoms with E-state index in [1.165, 1.54) is 38.9 Å². The van der Waals surface area contributed by atoms with Crippen molar-refractivity contribution in [2.24, 2.45) is 11.3 Å². The Bertz CT molecular complexity index is 204. The topological polar surface area (TPSA) is 35.5 Å². The molecule has 1 fully saturated rings. The highest BCUT2D eigenvalue weighted by molar-refractivity contribution is 4.86. The van der Waals surface area contributed by atoms with E-state index in [1.807, 2.05) is 0 Å². The molecule has 1 unspecified atom stereocenters. The van der Waals surface area contributed by atoms with Crippen molar-refractivity contribution in [2.75, 3.05) is 39.8 Å². The van der Waals surface area contributed by atoms with Crippen molar-refractivity contribution in [1.82, 2.24) is 10.2 Å². The van der Waals surface area contributed by atoms with Crippen LogP contribution in [0.3, 0.4) is 0 Å². The van der Waals surface area contributed by atoms with Gasteiger partial charge in [0.1, 0.15) is 0 Å². The van der Waals surface area contributed by atoms with E-state index >= 15 is 0 Å². The van der Waals surface area contributed by atoms with Gasteiger partial charge in [0.05, 0.1) is 0 Å². The van der Waals surface area contributed by atoms with Crippen LogP contribution >= 0.6 is 0 Å². The summed E-state index contributed by atoms with van der Waals surface area (Å²) in [6.07, 6.45) is 4.73. The Morgan fingerprint density at radius 3 is 2.59 bits per heavy atom. The molecule has 0 spiro atoms. The van der Waals surface area contributed by atoms with Crippen LogP contribution in [0.25, 0.3) is 0 Å². The highest BCUT2D eigenvalue weighted by Gasteiger charge is 2.31. The van der Waals surface area contributed by atoms with E-state index in [1.54, 1.807) is 0 Å². The third-order valence-corrected chi connectivity index (χ3v) is 4.52. The van der Waals surface area contributed by atoms with Gasteiger partial charge in [-0.1, -0.05) is 13.8 Å². The molecule has 0 amide bonds.